The minimum atomic E-state index is -0.353. The van der Waals surface area contributed by atoms with Gasteiger partial charge in [0.2, 0.25) is 5.91 Å². The van der Waals surface area contributed by atoms with Crippen LogP contribution < -0.4 is 5.32 Å². The highest BCUT2D eigenvalue weighted by molar-refractivity contribution is 5.76. The minimum absolute atomic E-state index is 0.0330. The van der Waals surface area contributed by atoms with Crippen LogP contribution in [0.15, 0.2) is 34.9 Å². The number of rotatable bonds is 8. The molecule has 6 heteroatoms. The molecule has 0 atom stereocenters. The second-order valence-electron chi connectivity index (χ2n) is 5.60. The molecule has 0 spiro atoms. The predicted molar refractivity (Wildman–Crippen MR) is 86.4 cm³/mol. The van der Waals surface area contributed by atoms with Crippen molar-refractivity contribution in [3.05, 3.63) is 42.2 Å². The summed E-state index contributed by atoms with van der Waals surface area (Å²) in [6.45, 7) is 1.59. The maximum Gasteiger partial charge on any atom is 0.220 e. The summed E-state index contributed by atoms with van der Waals surface area (Å²) in [5, 5.41) is 2.86. The molecule has 0 radical (unpaired) electrons. The van der Waals surface area contributed by atoms with E-state index in [2.05, 4.69) is 15.2 Å². The molecular weight excluding hydrogens is 297 g/mol. The van der Waals surface area contributed by atoms with E-state index >= 15 is 0 Å². The molecule has 5 nitrogen and oxygen atoms in total. The Kier molecular flexibility index (Phi) is 6.29. The van der Waals surface area contributed by atoms with Gasteiger partial charge in [-0.05, 0) is 39.2 Å². The van der Waals surface area contributed by atoms with Crippen LogP contribution in [0, 0.1) is 5.82 Å². The van der Waals surface area contributed by atoms with Gasteiger partial charge in [-0.25, -0.2) is 9.37 Å². The molecule has 1 N–H and O–H groups in total. The summed E-state index contributed by atoms with van der Waals surface area (Å²) in [6, 6.07) is 6.37. The Hall–Kier alpha value is -2.21. The fourth-order valence-corrected chi connectivity index (χ4v) is 2.14. The molecule has 0 fully saturated rings. The van der Waals surface area contributed by atoms with Crippen LogP contribution in [0.1, 0.15) is 18.7 Å². The molecule has 1 aromatic carbocycles. The van der Waals surface area contributed by atoms with E-state index in [0.29, 0.717) is 36.6 Å². The van der Waals surface area contributed by atoms with Crippen LogP contribution in [0.25, 0.3) is 11.3 Å². The van der Waals surface area contributed by atoms with Crippen molar-refractivity contribution in [2.75, 3.05) is 27.2 Å². The van der Waals surface area contributed by atoms with Crippen molar-refractivity contribution in [2.24, 2.45) is 0 Å². The Labute approximate surface area is 135 Å². The van der Waals surface area contributed by atoms with Gasteiger partial charge in [-0.3, -0.25) is 4.79 Å². The van der Waals surface area contributed by atoms with Gasteiger partial charge in [0.25, 0.3) is 0 Å². The fourth-order valence-electron chi connectivity index (χ4n) is 2.14. The molecule has 0 saturated carbocycles. The van der Waals surface area contributed by atoms with Gasteiger partial charge in [-0.1, -0.05) is 12.1 Å². The first-order chi connectivity index (χ1) is 11.1. The Morgan fingerprint density at radius 3 is 2.87 bits per heavy atom. The van der Waals surface area contributed by atoms with E-state index in [9.17, 15) is 9.18 Å². The fraction of sp³-hybridized carbons (Fsp3) is 0.412. The lowest BCUT2D eigenvalue weighted by molar-refractivity contribution is -0.121. The van der Waals surface area contributed by atoms with Crippen molar-refractivity contribution >= 4 is 5.91 Å². The molecular formula is C17H22FN3O2. The van der Waals surface area contributed by atoms with Crippen molar-refractivity contribution in [3.8, 4) is 11.3 Å². The van der Waals surface area contributed by atoms with Gasteiger partial charge in [0, 0.05) is 19.4 Å². The number of aryl methyl sites for hydroxylation is 1. The van der Waals surface area contributed by atoms with Crippen molar-refractivity contribution in [3.63, 3.8) is 0 Å². The summed E-state index contributed by atoms with van der Waals surface area (Å²) in [4.78, 5) is 17.9. The Morgan fingerprint density at radius 2 is 2.13 bits per heavy atom. The Morgan fingerprint density at radius 1 is 1.35 bits per heavy atom. The number of halogens is 1. The first-order valence-electron chi connectivity index (χ1n) is 7.67. The smallest absolute Gasteiger partial charge is 0.220 e. The molecule has 1 aromatic heterocycles. The lowest BCUT2D eigenvalue weighted by Crippen LogP contribution is -2.27. The SMILES string of the molecule is CN(C)CCCNC(=O)CCc1ncc(-c2ccccc2F)o1. The third-order valence-electron chi connectivity index (χ3n) is 3.36. The van der Waals surface area contributed by atoms with Gasteiger partial charge in [0.15, 0.2) is 11.7 Å². The summed E-state index contributed by atoms with van der Waals surface area (Å²) in [5.41, 5.74) is 0.374. The van der Waals surface area contributed by atoms with Gasteiger partial charge in [0.1, 0.15) is 5.82 Å². The molecule has 124 valence electrons. The third-order valence-corrected chi connectivity index (χ3v) is 3.36. The normalized spacial score (nSPS) is 11.0. The zero-order valence-corrected chi connectivity index (χ0v) is 13.5. The van der Waals surface area contributed by atoms with Crippen molar-refractivity contribution < 1.29 is 13.6 Å². The summed E-state index contributed by atoms with van der Waals surface area (Å²) < 4.78 is 19.2. The number of carbonyl (C=O) groups excluding carboxylic acids is 1. The Balaban J connectivity index is 1.79. The summed E-state index contributed by atoms with van der Waals surface area (Å²) in [6.07, 6.45) is 3.10. The molecule has 0 aliphatic carbocycles. The molecule has 0 aliphatic rings. The second-order valence-corrected chi connectivity index (χ2v) is 5.60. The van der Waals surface area contributed by atoms with Crippen molar-refractivity contribution in [1.29, 1.82) is 0 Å². The zero-order valence-electron chi connectivity index (χ0n) is 13.5. The molecule has 0 aliphatic heterocycles. The second kappa shape index (κ2) is 8.43. The minimum Gasteiger partial charge on any atom is -0.441 e. The van der Waals surface area contributed by atoms with Crippen LogP contribution in [0.2, 0.25) is 0 Å². The molecule has 1 heterocycles. The average molecular weight is 319 g/mol. The molecule has 2 aromatic rings. The quantitative estimate of drug-likeness (QED) is 0.760. The first kappa shape index (κ1) is 17.1. The summed E-state index contributed by atoms with van der Waals surface area (Å²) in [7, 11) is 4.00. The molecule has 23 heavy (non-hydrogen) atoms. The lowest BCUT2D eigenvalue weighted by atomic mass is 10.2. The molecule has 1 amide bonds. The number of amides is 1. The van der Waals surface area contributed by atoms with E-state index in [1.165, 1.54) is 12.3 Å². The molecule has 2 rings (SSSR count). The summed E-state index contributed by atoms with van der Waals surface area (Å²) in [5.74, 6) is 0.430. The van der Waals surface area contributed by atoms with E-state index in [-0.39, 0.29) is 11.7 Å². The summed E-state index contributed by atoms with van der Waals surface area (Å²) >= 11 is 0. The van der Waals surface area contributed by atoms with Gasteiger partial charge < -0.3 is 14.6 Å². The average Bonchev–Trinajstić information content (AvgIpc) is 2.98. The highest BCUT2D eigenvalue weighted by Gasteiger charge is 2.11. The van der Waals surface area contributed by atoms with Crippen LogP contribution in [0.5, 0.6) is 0 Å². The largest absolute Gasteiger partial charge is 0.441 e. The first-order valence-corrected chi connectivity index (χ1v) is 7.67. The lowest BCUT2D eigenvalue weighted by Gasteiger charge is -2.09. The topological polar surface area (TPSA) is 58.4 Å². The van der Waals surface area contributed by atoms with Gasteiger partial charge in [-0.2, -0.15) is 0 Å². The standard InChI is InChI=1S/C17H22FN3O2/c1-21(2)11-5-10-19-16(22)8-9-17-20-12-15(23-17)13-6-3-4-7-14(13)18/h3-4,6-7,12H,5,8-11H2,1-2H3,(H,19,22). The van der Waals surface area contributed by atoms with Crippen LogP contribution in [0.3, 0.4) is 0 Å². The van der Waals surface area contributed by atoms with E-state index in [4.69, 9.17) is 4.42 Å². The van der Waals surface area contributed by atoms with Crippen LogP contribution in [0.4, 0.5) is 4.39 Å². The van der Waals surface area contributed by atoms with Crippen LogP contribution in [-0.4, -0.2) is 43.0 Å². The number of hydrogen-bond donors (Lipinski definition) is 1. The monoisotopic (exact) mass is 319 g/mol. The zero-order chi connectivity index (χ0) is 16.7. The number of nitrogens with one attached hydrogen (secondary N) is 1. The molecule has 0 unspecified atom stereocenters. The highest BCUT2D eigenvalue weighted by Crippen LogP contribution is 2.23. The van der Waals surface area contributed by atoms with E-state index < -0.39 is 0 Å². The van der Waals surface area contributed by atoms with Crippen molar-refractivity contribution in [1.82, 2.24) is 15.2 Å². The number of nitrogens with zero attached hydrogens (tertiary/aromatic N) is 2. The van der Waals surface area contributed by atoms with Crippen LogP contribution >= 0.6 is 0 Å². The van der Waals surface area contributed by atoms with Gasteiger partial charge in [-0.15, -0.1) is 0 Å². The maximum absolute atomic E-state index is 13.7. The number of carbonyl (C=O) groups is 1. The predicted octanol–water partition coefficient (Wildman–Crippen LogP) is 2.48. The van der Waals surface area contributed by atoms with E-state index in [1.807, 2.05) is 14.1 Å². The molecule has 0 saturated heterocycles. The maximum atomic E-state index is 13.7. The van der Waals surface area contributed by atoms with Crippen LogP contribution in [-0.2, 0) is 11.2 Å². The van der Waals surface area contributed by atoms with E-state index in [1.54, 1.807) is 18.2 Å². The Bertz CT molecular complexity index is 640. The molecule has 0 bridgehead atoms. The van der Waals surface area contributed by atoms with E-state index in [0.717, 1.165) is 13.0 Å². The van der Waals surface area contributed by atoms with Crippen molar-refractivity contribution in [2.45, 2.75) is 19.3 Å². The highest BCUT2D eigenvalue weighted by atomic mass is 19.1. The van der Waals surface area contributed by atoms with Gasteiger partial charge >= 0.3 is 0 Å². The number of aromatic nitrogens is 1. The third kappa shape index (κ3) is 5.49. The number of benzene rings is 1. The van der Waals surface area contributed by atoms with Gasteiger partial charge in [0.05, 0.1) is 11.8 Å². The number of hydrogen-bond acceptors (Lipinski definition) is 4. The number of oxazole rings is 1.